The van der Waals surface area contributed by atoms with Crippen molar-refractivity contribution in [3.05, 3.63) is 28.3 Å². The van der Waals surface area contributed by atoms with Crippen molar-refractivity contribution in [1.82, 2.24) is 0 Å². The Kier molecular flexibility index (Phi) is 5.12. The first kappa shape index (κ1) is 14.7. The highest BCUT2D eigenvalue weighted by atomic mass is 35.5. The highest BCUT2D eigenvalue weighted by Gasteiger charge is 2.25. The summed E-state index contributed by atoms with van der Waals surface area (Å²) < 4.78 is 5.77. The van der Waals surface area contributed by atoms with Gasteiger partial charge < -0.3 is 10.5 Å². The lowest BCUT2D eigenvalue weighted by Gasteiger charge is -2.25. The predicted molar refractivity (Wildman–Crippen MR) is 80.9 cm³/mol. The van der Waals surface area contributed by atoms with E-state index in [1.165, 1.54) is 18.4 Å². The smallest absolute Gasteiger partial charge is 0.127 e. The van der Waals surface area contributed by atoms with E-state index in [-0.39, 0.29) is 6.04 Å². The van der Waals surface area contributed by atoms with E-state index in [0.29, 0.717) is 5.92 Å². The lowest BCUT2D eigenvalue weighted by molar-refractivity contribution is 0.331. The molecule has 2 rings (SSSR count). The van der Waals surface area contributed by atoms with Crippen molar-refractivity contribution in [2.45, 2.75) is 52.0 Å². The van der Waals surface area contributed by atoms with Gasteiger partial charge in [0.1, 0.15) is 5.75 Å². The van der Waals surface area contributed by atoms with Gasteiger partial charge in [0, 0.05) is 23.0 Å². The van der Waals surface area contributed by atoms with Crippen molar-refractivity contribution in [3.63, 3.8) is 0 Å². The van der Waals surface area contributed by atoms with E-state index in [2.05, 4.69) is 13.8 Å². The molecule has 0 aromatic heterocycles. The van der Waals surface area contributed by atoms with E-state index in [1.54, 1.807) is 0 Å². The van der Waals surface area contributed by atoms with Crippen LogP contribution in [-0.2, 0) is 6.42 Å². The molecule has 0 radical (unpaired) electrons. The molecule has 0 aliphatic carbocycles. The zero-order valence-electron chi connectivity index (χ0n) is 11.9. The SMILES string of the molecule is CCCC(CCC)C(N)c1cc(Cl)cc2c1OCC2. The molecule has 1 aliphatic heterocycles. The molecular weight excluding hydrogens is 258 g/mol. The first-order valence-electron chi connectivity index (χ1n) is 7.38. The Morgan fingerprint density at radius 1 is 1.26 bits per heavy atom. The van der Waals surface area contributed by atoms with Crippen LogP contribution < -0.4 is 10.5 Å². The second-order valence-electron chi connectivity index (χ2n) is 5.44. The Morgan fingerprint density at radius 3 is 2.58 bits per heavy atom. The lowest BCUT2D eigenvalue weighted by atomic mass is 9.86. The molecule has 0 amide bonds. The third kappa shape index (κ3) is 3.24. The Hall–Kier alpha value is -0.730. The largest absolute Gasteiger partial charge is 0.493 e. The molecule has 0 bridgehead atoms. The molecule has 2 nitrogen and oxygen atoms in total. The van der Waals surface area contributed by atoms with Crippen molar-refractivity contribution in [3.8, 4) is 5.75 Å². The molecule has 1 aromatic carbocycles. The van der Waals surface area contributed by atoms with E-state index < -0.39 is 0 Å². The van der Waals surface area contributed by atoms with Crippen LogP contribution in [0.3, 0.4) is 0 Å². The third-order valence-corrected chi connectivity index (χ3v) is 4.18. The molecule has 19 heavy (non-hydrogen) atoms. The van der Waals surface area contributed by atoms with Crippen LogP contribution in [0.1, 0.15) is 56.7 Å². The highest BCUT2D eigenvalue weighted by molar-refractivity contribution is 6.30. The van der Waals surface area contributed by atoms with Gasteiger partial charge in [-0.2, -0.15) is 0 Å². The molecule has 106 valence electrons. The van der Waals surface area contributed by atoms with Gasteiger partial charge in [-0.1, -0.05) is 38.3 Å². The Labute approximate surface area is 121 Å². The van der Waals surface area contributed by atoms with Gasteiger partial charge in [-0.05, 0) is 36.5 Å². The minimum Gasteiger partial charge on any atom is -0.493 e. The summed E-state index contributed by atoms with van der Waals surface area (Å²) in [6.07, 6.45) is 5.61. The fraction of sp³-hybridized carbons (Fsp3) is 0.625. The molecule has 2 N–H and O–H groups in total. The molecular formula is C16H24ClNO. The number of ether oxygens (including phenoxy) is 1. The molecule has 1 aliphatic rings. The van der Waals surface area contributed by atoms with Crippen LogP contribution in [0.25, 0.3) is 0 Å². The molecule has 0 spiro atoms. The Balaban J connectivity index is 2.29. The maximum absolute atomic E-state index is 6.51. The zero-order chi connectivity index (χ0) is 13.8. The first-order chi connectivity index (χ1) is 9.17. The van der Waals surface area contributed by atoms with Gasteiger partial charge in [0.2, 0.25) is 0 Å². The lowest BCUT2D eigenvalue weighted by Crippen LogP contribution is -2.22. The van der Waals surface area contributed by atoms with Crippen LogP contribution in [0.2, 0.25) is 5.02 Å². The quantitative estimate of drug-likeness (QED) is 0.834. The summed E-state index contributed by atoms with van der Waals surface area (Å²) in [5.74, 6) is 1.51. The van der Waals surface area contributed by atoms with E-state index in [9.17, 15) is 0 Å². The summed E-state index contributed by atoms with van der Waals surface area (Å²) in [7, 11) is 0. The number of hydrogen-bond donors (Lipinski definition) is 1. The molecule has 3 heteroatoms. The molecule has 0 fully saturated rings. The Bertz CT molecular complexity index is 427. The third-order valence-electron chi connectivity index (χ3n) is 3.96. The summed E-state index contributed by atoms with van der Waals surface area (Å²) in [4.78, 5) is 0. The minimum absolute atomic E-state index is 0.0328. The van der Waals surface area contributed by atoms with Crippen molar-refractivity contribution in [2.24, 2.45) is 11.7 Å². The second kappa shape index (κ2) is 6.62. The van der Waals surface area contributed by atoms with E-state index in [0.717, 1.165) is 42.2 Å². The fourth-order valence-corrected chi connectivity index (χ4v) is 3.29. The average Bonchev–Trinajstić information content (AvgIpc) is 2.84. The van der Waals surface area contributed by atoms with Gasteiger partial charge in [-0.15, -0.1) is 0 Å². The van der Waals surface area contributed by atoms with Crippen molar-refractivity contribution in [1.29, 1.82) is 0 Å². The summed E-state index contributed by atoms with van der Waals surface area (Å²) in [5.41, 5.74) is 8.83. The zero-order valence-corrected chi connectivity index (χ0v) is 12.7. The number of fused-ring (bicyclic) bond motifs is 1. The minimum atomic E-state index is 0.0328. The number of halogens is 1. The highest BCUT2D eigenvalue weighted by Crippen LogP contribution is 2.39. The average molecular weight is 282 g/mol. The van der Waals surface area contributed by atoms with Crippen LogP contribution in [0.4, 0.5) is 0 Å². The Morgan fingerprint density at radius 2 is 1.95 bits per heavy atom. The first-order valence-corrected chi connectivity index (χ1v) is 7.75. The summed E-state index contributed by atoms with van der Waals surface area (Å²) >= 11 is 6.22. The number of hydrogen-bond acceptors (Lipinski definition) is 2. The summed E-state index contributed by atoms with van der Waals surface area (Å²) in [5, 5.41) is 0.779. The van der Waals surface area contributed by atoms with Gasteiger partial charge in [0.15, 0.2) is 0 Å². The molecule has 1 heterocycles. The van der Waals surface area contributed by atoms with Crippen LogP contribution in [0.5, 0.6) is 5.75 Å². The molecule has 1 atom stereocenters. The number of nitrogens with two attached hydrogens (primary N) is 1. The standard InChI is InChI=1S/C16H24ClNO/c1-3-5-11(6-4-2)15(18)14-10-13(17)9-12-7-8-19-16(12)14/h9-11,15H,3-8,18H2,1-2H3. The number of benzene rings is 1. The van der Waals surface area contributed by atoms with Crippen molar-refractivity contribution < 1.29 is 4.74 Å². The monoisotopic (exact) mass is 281 g/mol. The van der Waals surface area contributed by atoms with E-state index >= 15 is 0 Å². The molecule has 0 saturated heterocycles. The molecule has 0 saturated carbocycles. The fourth-order valence-electron chi connectivity index (χ4n) is 3.04. The van der Waals surface area contributed by atoms with Gasteiger partial charge in [-0.3, -0.25) is 0 Å². The molecule has 1 aromatic rings. The van der Waals surface area contributed by atoms with Crippen LogP contribution >= 0.6 is 11.6 Å². The normalized spacial score (nSPS) is 15.4. The van der Waals surface area contributed by atoms with Gasteiger partial charge in [0.05, 0.1) is 6.61 Å². The topological polar surface area (TPSA) is 35.2 Å². The van der Waals surface area contributed by atoms with Crippen LogP contribution in [0.15, 0.2) is 12.1 Å². The van der Waals surface area contributed by atoms with Gasteiger partial charge in [0.25, 0.3) is 0 Å². The van der Waals surface area contributed by atoms with Crippen LogP contribution in [-0.4, -0.2) is 6.61 Å². The summed E-state index contributed by atoms with van der Waals surface area (Å²) in [6.45, 7) is 5.18. The summed E-state index contributed by atoms with van der Waals surface area (Å²) in [6, 6.07) is 4.04. The maximum atomic E-state index is 6.51. The second-order valence-corrected chi connectivity index (χ2v) is 5.88. The maximum Gasteiger partial charge on any atom is 0.127 e. The van der Waals surface area contributed by atoms with Gasteiger partial charge in [-0.25, -0.2) is 0 Å². The van der Waals surface area contributed by atoms with Gasteiger partial charge >= 0.3 is 0 Å². The van der Waals surface area contributed by atoms with Crippen molar-refractivity contribution in [2.75, 3.05) is 6.61 Å². The predicted octanol–water partition coefficient (Wildman–Crippen LogP) is 4.49. The number of rotatable bonds is 6. The van der Waals surface area contributed by atoms with Crippen LogP contribution in [0, 0.1) is 5.92 Å². The van der Waals surface area contributed by atoms with E-state index in [4.69, 9.17) is 22.1 Å². The molecule has 1 unspecified atom stereocenters. The van der Waals surface area contributed by atoms with E-state index in [1.807, 2.05) is 12.1 Å². The van der Waals surface area contributed by atoms with Crippen molar-refractivity contribution >= 4 is 11.6 Å².